The van der Waals surface area contributed by atoms with E-state index in [1.165, 1.54) is 18.2 Å². The number of hydrogen-bond donors (Lipinski definition) is 1. The molecular weight excluding hydrogens is 541 g/mol. The van der Waals surface area contributed by atoms with Crippen molar-refractivity contribution in [3.63, 3.8) is 0 Å². The van der Waals surface area contributed by atoms with E-state index in [-0.39, 0.29) is 29.0 Å². The summed E-state index contributed by atoms with van der Waals surface area (Å²) in [5.74, 6) is 0.0886. The lowest BCUT2D eigenvalue weighted by atomic mass is 9.97. The minimum Gasteiger partial charge on any atom is -0.434 e. The fourth-order valence-electron chi connectivity index (χ4n) is 6.57. The topological polar surface area (TPSA) is 104 Å². The van der Waals surface area contributed by atoms with Crippen LogP contribution in [0.25, 0.3) is 22.2 Å². The maximum atomic E-state index is 15.5. The van der Waals surface area contributed by atoms with Gasteiger partial charge < -0.3 is 29.0 Å². The summed E-state index contributed by atoms with van der Waals surface area (Å²) < 4.78 is 60.1. The summed E-state index contributed by atoms with van der Waals surface area (Å²) in [5.41, 5.74) is 2.35. The van der Waals surface area contributed by atoms with Gasteiger partial charge in [-0.25, -0.2) is 19.3 Å². The molecule has 2 saturated heterocycles. The highest BCUT2D eigenvalue weighted by Gasteiger charge is 2.42. The van der Waals surface area contributed by atoms with Crippen LogP contribution in [0.1, 0.15) is 40.3 Å². The van der Waals surface area contributed by atoms with Gasteiger partial charge in [0.1, 0.15) is 17.4 Å². The molecule has 13 heteroatoms. The van der Waals surface area contributed by atoms with Gasteiger partial charge in [-0.1, -0.05) is 6.07 Å². The zero-order valence-corrected chi connectivity index (χ0v) is 21.5. The van der Waals surface area contributed by atoms with Gasteiger partial charge in [0, 0.05) is 40.7 Å². The standard InChI is InChI=1S/C28H23F3N6O4/c29-18-5-19-21(4-17(18)13-7-32-28(33-8-13)36-14-9-39-11-15(36)12-40-10-14)37-22-6-20(25(37)34-19)35-26(38)16-2-1-3-23(24(16)22)41-27(30)31/h1-5,7-8,14-15,20,22,27H,6,9-12H2,(H,35,38)/t14?,15?,20-,22-/m1/s1. The van der Waals surface area contributed by atoms with Crippen LogP contribution in [-0.2, 0) is 9.47 Å². The molecule has 210 valence electrons. The minimum absolute atomic E-state index is 0.0153. The van der Waals surface area contributed by atoms with Crippen LogP contribution in [0.2, 0.25) is 0 Å². The maximum absolute atomic E-state index is 15.5. The van der Waals surface area contributed by atoms with Crippen LogP contribution in [0.3, 0.4) is 0 Å². The Kier molecular flexibility index (Phi) is 5.48. The number of amides is 1. The molecule has 2 aromatic heterocycles. The van der Waals surface area contributed by atoms with Crippen molar-refractivity contribution in [3.8, 4) is 16.9 Å². The molecule has 0 aliphatic carbocycles. The number of hydrogen-bond acceptors (Lipinski definition) is 8. The second-order valence-electron chi connectivity index (χ2n) is 10.6. The van der Waals surface area contributed by atoms with Crippen LogP contribution in [-0.4, -0.2) is 70.5 Å². The first-order chi connectivity index (χ1) is 20.0. The molecule has 4 aliphatic heterocycles. The number of rotatable bonds is 4. The Morgan fingerprint density at radius 1 is 1.02 bits per heavy atom. The minimum atomic E-state index is -3.06. The molecule has 1 N–H and O–H groups in total. The SMILES string of the molecule is O=C1N[C@@H]2C[C@H](c3c(OC(F)F)cccc31)n1c2nc2cc(F)c(-c3cnc(N4C5COCC4COC5)nc3)cc21. The van der Waals surface area contributed by atoms with E-state index < -0.39 is 30.4 Å². The third kappa shape index (κ3) is 3.79. The average molecular weight is 565 g/mol. The number of fused-ring (bicyclic) bond motifs is 11. The molecule has 2 fully saturated rings. The van der Waals surface area contributed by atoms with E-state index >= 15 is 4.39 Å². The molecule has 10 nitrogen and oxygen atoms in total. The van der Waals surface area contributed by atoms with Crippen molar-refractivity contribution in [1.82, 2.24) is 24.8 Å². The number of carbonyl (C=O) groups is 1. The van der Waals surface area contributed by atoms with E-state index in [2.05, 4.69) is 25.2 Å². The first-order valence-electron chi connectivity index (χ1n) is 13.3. The quantitative estimate of drug-likeness (QED) is 0.401. The summed E-state index contributed by atoms with van der Waals surface area (Å²) >= 11 is 0. The summed E-state index contributed by atoms with van der Waals surface area (Å²) in [4.78, 5) is 28.8. The number of anilines is 1. The Bertz CT molecular complexity index is 1670. The molecular formula is C28H23F3N6O4. The summed E-state index contributed by atoms with van der Waals surface area (Å²) in [7, 11) is 0. The Hall–Kier alpha value is -4.23. The maximum Gasteiger partial charge on any atom is 0.387 e. The Morgan fingerprint density at radius 3 is 2.46 bits per heavy atom. The van der Waals surface area contributed by atoms with Crippen molar-refractivity contribution in [2.45, 2.75) is 37.2 Å². The van der Waals surface area contributed by atoms with Gasteiger partial charge in [0.05, 0.1) is 61.6 Å². The van der Waals surface area contributed by atoms with Crippen molar-refractivity contribution in [2.24, 2.45) is 0 Å². The molecule has 2 atom stereocenters. The van der Waals surface area contributed by atoms with Crippen molar-refractivity contribution < 1.29 is 32.2 Å². The Labute approximate surface area is 231 Å². The van der Waals surface area contributed by atoms with Crippen molar-refractivity contribution in [1.29, 1.82) is 0 Å². The third-order valence-corrected chi connectivity index (χ3v) is 8.26. The molecule has 0 unspecified atom stereocenters. The second kappa shape index (κ2) is 9.14. The van der Waals surface area contributed by atoms with Crippen molar-refractivity contribution >= 4 is 22.9 Å². The van der Waals surface area contributed by atoms with Gasteiger partial charge in [-0.2, -0.15) is 8.78 Å². The van der Waals surface area contributed by atoms with Crippen LogP contribution in [0.15, 0.2) is 42.7 Å². The number of benzene rings is 2. The van der Waals surface area contributed by atoms with Gasteiger partial charge in [-0.15, -0.1) is 0 Å². The first kappa shape index (κ1) is 24.6. The van der Waals surface area contributed by atoms with Crippen molar-refractivity contribution in [2.75, 3.05) is 31.3 Å². The summed E-state index contributed by atoms with van der Waals surface area (Å²) in [6.07, 6.45) is 3.58. The highest BCUT2D eigenvalue weighted by Crippen LogP contribution is 2.48. The second-order valence-corrected chi connectivity index (χ2v) is 10.6. The molecule has 4 aliphatic rings. The molecule has 1 amide bonds. The largest absolute Gasteiger partial charge is 0.434 e. The van der Waals surface area contributed by atoms with Gasteiger partial charge in [-0.3, -0.25) is 4.79 Å². The summed E-state index contributed by atoms with van der Waals surface area (Å²) in [6, 6.07) is 6.56. The molecule has 0 spiro atoms. The molecule has 8 rings (SSSR count). The Balaban J connectivity index is 1.21. The molecule has 0 radical (unpaired) electrons. The molecule has 0 saturated carbocycles. The molecule has 41 heavy (non-hydrogen) atoms. The van der Waals surface area contributed by atoms with Gasteiger partial charge in [0.25, 0.3) is 5.91 Å². The smallest absolute Gasteiger partial charge is 0.387 e. The normalized spacial score (nSPS) is 24.7. The summed E-state index contributed by atoms with van der Waals surface area (Å²) in [5, 5.41) is 2.94. The lowest BCUT2D eigenvalue weighted by Crippen LogP contribution is -2.60. The van der Waals surface area contributed by atoms with Crippen LogP contribution in [0, 0.1) is 5.82 Å². The van der Waals surface area contributed by atoms with E-state index in [1.807, 2.05) is 4.57 Å². The van der Waals surface area contributed by atoms with E-state index in [0.29, 0.717) is 66.8 Å². The van der Waals surface area contributed by atoms with Crippen LogP contribution in [0.4, 0.5) is 19.1 Å². The molecule has 4 aromatic rings. The number of nitrogens with one attached hydrogen (secondary N) is 1. The average Bonchev–Trinajstić information content (AvgIpc) is 3.43. The number of aromatic nitrogens is 4. The van der Waals surface area contributed by atoms with Crippen molar-refractivity contribution in [3.05, 3.63) is 65.5 Å². The number of ether oxygens (including phenoxy) is 3. The molecule has 2 aromatic carbocycles. The number of morpholine rings is 2. The van der Waals surface area contributed by atoms with E-state index in [9.17, 15) is 13.6 Å². The number of halogens is 3. The van der Waals surface area contributed by atoms with E-state index in [1.54, 1.807) is 24.5 Å². The Morgan fingerprint density at radius 2 is 1.76 bits per heavy atom. The van der Waals surface area contributed by atoms with E-state index in [0.717, 1.165) is 0 Å². The first-order valence-corrected chi connectivity index (χ1v) is 13.3. The highest BCUT2D eigenvalue weighted by molar-refractivity contribution is 5.98. The summed E-state index contributed by atoms with van der Waals surface area (Å²) in [6.45, 7) is -0.967. The van der Waals surface area contributed by atoms with Crippen LogP contribution in [0.5, 0.6) is 5.75 Å². The molecule has 6 heterocycles. The number of alkyl halides is 2. The predicted molar refractivity (Wildman–Crippen MR) is 138 cm³/mol. The lowest BCUT2D eigenvalue weighted by molar-refractivity contribution is -0.0507. The third-order valence-electron chi connectivity index (χ3n) is 8.26. The lowest BCUT2D eigenvalue weighted by Gasteiger charge is -2.45. The van der Waals surface area contributed by atoms with Crippen LogP contribution >= 0.6 is 0 Å². The highest BCUT2D eigenvalue weighted by atomic mass is 19.3. The number of imidazole rings is 1. The molecule has 4 bridgehead atoms. The van der Waals surface area contributed by atoms with Gasteiger partial charge in [-0.05, 0) is 24.6 Å². The number of carbonyl (C=O) groups excluding carboxylic acids is 1. The monoisotopic (exact) mass is 564 g/mol. The van der Waals surface area contributed by atoms with E-state index in [4.69, 9.17) is 14.2 Å². The van der Waals surface area contributed by atoms with Crippen LogP contribution < -0.4 is 15.0 Å². The zero-order chi connectivity index (χ0) is 27.8. The number of nitrogens with zero attached hydrogens (tertiary/aromatic N) is 5. The predicted octanol–water partition coefficient (Wildman–Crippen LogP) is 3.62. The fraction of sp³-hybridized carbons (Fsp3) is 0.357. The van der Waals surface area contributed by atoms with Gasteiger partial charge >= 0.3 is 6.61 Å². The van der Waals surface area contributed by atoms with Gasteiger partial charge in [0.2, 0.25) is 5.95 Å². The zero-order valence-electron chi connectivity index (χ0n) is 21.5. The van der Waals surface area contributed by atoms with Gasteiger partial charge in [0.15, 0.2) is 0 Å². The fourth-order valence-corrected chi connectivity index (χ4v) is 6.57.